The molecule has 1 aliphatic heterocycles. The highest BCUT2D eigenvalue weighted by Crippen LogP contribution is 2.41. The Hall–Kier alpha value is -1.02. The molecule has 0 aliphatic carbocycles. The van der Waals surface area contributed by atoms with Gasteiger partial charge in [-0.3, -0.25) is 0 Å². The summed E-state index contributed by atoms with van der Waals surface area (Å²) in [6.45, 7) is 6.81. The summed E-state index contributed by atoms with van der Waals surface area (Å²) in [6.07, 6.45) is 2.68. The molecule has 0 radical (unpaired) electrons. The van der Waals surface area contributed by atoms with Crippen LogP contribution in [0, 0.1) is 5.82 Å². The molecule has 3 heteroatoms. The highest BCUT2D eigenvalue weighted by molar-refractivity contribution is 6.32. The van der Waals surface area contributed by atoms with Crippen LogP contribution in [0.4, 0.5) is 10.1 Å². The zero-order valence-corrected chi connectivity index (χ0v) is 10.3. The van der Waals surface area contributed by atoms with Gasteiger partial charge in [-0.25, -0.2) is 4.39 Å². The van der Waals surface area contributed by atoms with Gasteiger partial charge >= 0.3 is 0 Å². The van der Waals surface area contributed by atoms with Crippen LogP contribution in [0.5, 0.6) is 0 Å². The molecule has 2 rings (SSSR count). The van der Waals surface area contributed by atoms with Crippen molar-refractivity contribution in [2.75, 3.05) is 18.5 Å². The summed E-state index contributed by atoms with van der Waals surface area (Å²) >= 11 is 5.97. The van der Waals surface area contributed by atoms with Gasteiger partial charge in [-0.1, -0.05) is 31.2 Å². The van der Waals surface area contributed by atoms with E-state index >= 15 is 0 Å². The van der Waals surface area contributed by atoms with Crippen molar-refractivity contribution >= 4 is 23.4 Å². The second kappa shape index (κ2) is 4.10. The van der Waals surface area contributed by atoms with Crippen LogP contribution in [0.15, 0.2) is 12.6 Å². The van der Waals surface area contributed by atoms with Crippen LogP contribution >= 0.6 is 11.6 Å². The molecule has 1 aliphatic rings. The van der Waals surface area contributed by atoms with Crippen LogP contribution in [-0.4, -0.2) is 13.6 Å². The maximum absolute atomic E-state index is 13.7. The Bertz CT molecular complexity index is 442. The van der Waals surface area contributed by atoms with E-state index < -0.39 is 0 Å². The first-order valence-corrected chi connectivity index (χ1v) is 5.79. The molecule has 1 heterocycles. The first kappa shape index (κ1) is 11.5. The molecule has 0 bridgehead atoms. The highest BCUT2D eigenvalue weighted by Gasteiger charge is 2.25. The Balaban J connectivity index is 2.74. The van der Waals surface area contributed by atoms with Crippen LogP contribution in [0.3, 0.4) is 0 Å². The maximum Gasteiger partial charge on any atom is 0.142 e. The van der Waals surface area contributed by atoms with Crippen molar-refractivity contribution < 1.29 is 4.39 Å². The van der Waals surface area contributed by atoms with E-state index in [1.807, 2.05) is 7.05 Å². The van der Waals surface area contributed by atoms with E-state index in [0.717, 1.165) is 24.2 Å². The Morgan fingerprint density at radius 3 is 2.94 bits per heavy atom. The molecule has 16 heavy (non-hydrogen) atoms. The Kier molecular flexibility index (Phi) is 2.94. The number of hydrogen-bond donors (Lipinski definition) is 0. The molecule has 0 fully saturated rings. The first-order valence-electron chi connectivity index (χ1n) is 5.41. The average Bonchev–Trinajstić information content (AvgIpc) is 2.26. The Morgan fingerprint density at radius 1 is 1.62 bits per heavy atom. The summed E-state index contributed by atoms with van der Waals surface area (Å²) in [4.78, 5) is 2.12. The van der Waals surface area contributed by atoms with Crippen molar-refractivity contribution in [2.45, 2.75) is 19.3 Å². The van der Waals surface area contributed by atoms with E-state index in [1.165, 1.54) is 0 Å². The van der Waals surface area contributed by atoms with Gasteiger partial charge in [0.05, 0.1) is 5.02 Å². The third-order valence-electron chi connectivity index (χ3n) is 3.27. The van der Waals surface area contributed by atoms with Gasteiger partial charge in [-0.2, -0.15) is 0 Å². The molecule has 0 N–H and O–H groups in total. The SMILES string of the molecule is C=Cc1c(Cl)c(F)cc2c1N(C)CCC2C. The van der Waals surface area contributed by atoms with Gasteiger partial charge in [0.25, 0.3) is 0 Å². The number of halogens is 2. The molecule has 0 saturated carbocycles. The summed E-state index contributed by atoms with van der Waals surface area (Å²) in [5, 5.41) is 0.176. The molecule has 1 aromatic rings. The lowest BCUT2D eigenvalue weighted by molar-refractivity contribution is 0.601. The molecular weight excluding hydrogens is 225 g/mol. The van der Waals surface area contributed by atoms with Gasteiger partial charge in [0.15, 0.2) is 0 Å². The molecule has 0 spiro atoms. The van der Waals surface area contributed by atoms with E-state index in [9.17, 15) is 4.39 Å². The fraction of sp³-hybridized carbons (Fsp3) is 0.385. The Morgan fingerprint density at radius 2 is 2.31 bits per heavy atom. The van der Waals surface area contributed by atoms with Crippen molar-refractivity contribution in [2.24, 2.45) is 0 Å². The molecule has 0 amide bonds. The van der Waals surface area contributed by atoms with Gasteiger partial charge in [0.1, 0.15) is 5.82 Å². The zero-order chi connectivity index (χ0) is 11.9. The lowest BCUT2D eigenvalue weighted by Gasteiger charge is -2.33. The van der Waals surface area contributed by atoms with Gasteiger partial charge in [0, 0.05) is 24.8 Å². The number of rotatable bonds is 1. The molecule has 0 saturated heterocycles. The third-order valence-corrected chi connectivity index (χ3v) is 3.66. The monoisotopic (exact) mass is 239 g/mol. The normalized spacial score (nSPS) is 19.5. The van der Waals surface area contributed by atoms with E-state index in [2.05, 4.69) is 18.4 Å². The fourth-order valence-electron chi connectivity index (χ4n) is 2.30. The predicted octanol–water partition coefficient (Wildman–Crippen LogP) is 4.07. The molecule has 1 nitrogen and oxygen atoms in total. The molecule has 86 valence electrons. The van der Waals surface area contributed by atoms with Crippen molar-refractivity contribution in [3.8, 4) is 0 Å². The largest absolute Gasteiger partial charge is 0.374 e. The summed E-state index contributed by atoms with van der Waals surface area (Å²) in [5.74, 6) is 0.0223. The Labute approximate surface area is 101 Å². The molecule has 1 aromatic carbocycles. The summed E-state index contributed by atoms with van der Waals surface area (Å²) in [7, 11) is 2.01. The van der Waals surface area contributed by atoms with E-state index in [1.54, 1.807) is 12.1 Å². The summed E-state index contributed by atoms with van der Waals surface area (Å²) < 4.78 is 13.7. The van der Waals surface area contributed by atoms with Crippen molar-refractivity contribution in [3.05, 3.63) is 34.6 Å². The van der Waals surface area contributed by atoms with Crippen LogP contribution < -0.4 is 4.90 Å². The molecule has 1 unspecified atom stereocenters. The summed E-state index contributed by atoms with van der Waals surface area (Å²) in [5.41, 5.74) is 2.77. The van der Waals surface area contributed by atoms with Gasteiger partial charge in [-0.05, 0) is 24.0 Å². The number of nitrogens with zero attached hydrogens (tertiary/aromatic N) is 1. The lowest BCUT2D eigenvalue weighted by atomic mass is 9.89. The fourth-order valence-corrected chi connectivity index (χ4v) is 2.52. The average molecular weight is 240 g/mol. The molecule has 0 aromatic heterocycles. The second-order valence-electron chi connectivity index (χ2n) is 4.34. The van der Waals surface area contributed by atoms with Gasteiger partial charge in [-0.15, -0.1) is 0 Å². The van der Waals surface area contributed by atoms with Crippen LogP contribution in [0.2, 0.25) is 5.02 Å². The summed E-state index contributed by atoms with van der Waals surface area (Å²) in [6, 6.07) is 1.56. The number of hydrogen-bond acceptors (Lipinski definition) is 1. The highest BCUT2D eigenvalue weighted by atomic mass is 35.5. The number of anilines is 1. The van der Waals surface area contributed by atoms with E-state index in [0.29, 0.717) is 11.5 Å². The van der Waals surface area contributed by atoms with E-state index in [4.69, 9.17) is 11.6 Å². The topological polar surface area (TPSA) is 3.24 Å². The minimum Gasteiger partial charge on any atom is -0.374 e. The second-order valence-corrected chi connectivity index (χ2v) is 4.72. The van der Waals surface area contributed by atoms with Crippen molar-refractivity contribution in [3.63, 3.8) is 0 Å². The first-order chi connectivity index (χ1) is 7.56. The number of fused-ring (bicyclic) bond motifs is 1. The molecular formula is C13H15ClFN. The quantitative estimate of drug-likeness (QED) is 0.714. The van der Waals surface area contributed by atoms with Gasteiger partial charge in [0.2, 0.25) is 0 Å². The number of benzene rings is 1. The van der Waals surface area contributed by atoms with Gasteiger partial charge < -0.3 is 4.90 Å². The minimum absolute atomic E-state index is 0.176. The van der Waals surface area contributed by atoms with Crippen LogP contribution in [0.25, 0.3) is 6.08 Å². The third kappa shape index (κ3) is 1.61. The molecule has 1 atom stereocenters. The van der Waals surface area contributed by atoms with Crippen LogP contribution in [-0.2, 0) is 0 Å². The van der Waals surface area contributed by atoms with Crippen molar-refractivity contribution in [1.82, 2.24) is 0 Å². The van der Waals surface area contributed by atoms with E-state index in [-0.39, 0.29) is 10.8 Å². The zero-order valence-electron chi connectivity index (χ0n) is 9.56. The predicted molar refractivity (Wildman–Crippen MR) is 67.8 cm³/mol. The minimum atomic E-state index is -0.350. The smallest absolute Gasteiger partial charge is 0.142 e. The van der Waals surface area contributed by atoms with Crippen LogP contribution in [0.1, 0.15) is 30.4 Å². The maximum atomic E-state index is 13.7. The van der Waals surface area contributed by atoms with Crippen molar-refractivity contribution in [1.29, 1.82) is 0 Å². The lowest BCUT2D eigenvalue weighted by Crippen LogP contribution is -2.27. The standard InChI is InChI=1S/C13H15ClFN/c1-4-9-12(14)11(15)7-10-8(2)5-6-16(3)13(9)10/h4,7-8H,1,5-6H2,2-3H3.